The van der Waals surface area contributed by atoms with E-state index in [0.29, 0.717) is 0 Å². The number of hydrogen-bond acceptors (Lipinski definition) is 2. The number of unbranched alkanes of at least 4 members (excludes halogenated alkanes) is 10. The van der Waals surface area contributed by atoms with Crippen LogP contribution in [0, 0.1) is 0 Å². The number of rotatable bonds is 11. The molecule has 0 aromatic rings. The smallest absolute Gasteiger partial charge is 0.336 e. The van der Waals surface area contributed by atoms with Gasteiger partial charge in [0.05, 0.1) is 0 Å². The van der Waals surface area contributed by atoms with Gasteiger partial charge in [0.2, 0.25) is 0 Å². The molecule has 0 aromatic carbocycles. The van der Waals surface area contributed by atoms with E-state index in [0.717, 1.165) is 12.2 Å². The molecule has 0 amide bonds. The molecule has 0 aliphatic carbocycles. The molecule has 1 heterocycles. The summed E-state index contributed by atoms with van der Waals surface area (Å²) in [5, 5.41) is 0. The predicted octanol–water partition coefficient (Wildman–Crippen LogP) is 5.29. The molecule has 0 saturated heterocycles. The Kier molecular flexibility index (Phi) is 9.13. The molecule has 1 aliphatic heterocycles. The fourth-order valence-electron chi connectivity index (χ4n) is 2.32. The first-order chi connectivity index (χ1) is 9.33. The van der Waals surface area contributed by atoms with Gasteiger partial charge in [0, 0.05) is 6.08 Å². The molecule has 0 aromatic heterocycles. The molecule has 108 valence electrons. The molecular formula is C17H28O2. The minimum absolute atomic E-state index is 0.241. The minimum Gasteiger partial charge on any atom is -0.424 e. The van der Waals surface area contributed by atoms with Gasteiger partial charge in [-0.1, -0.05) is 64.7 Å². The highest BCUT2D eigenvalue weighted by molar-refractivity contribution is 5.86. The van der Waals surface area contributed by atoms with Crippen LogP contribution in [0.5, 0.6) is 0 Å². The van der Waals surface area contributed by atoms with Crippen LogP contribution in [0.15, 0.2) is 24.0 Å². The Morgan fingerprint density at radius 2 is 1.47 bits per heavy atom. The number of esters is 1. The van der Waals surface area contributed by atoms with Gasteiger partial charge in [0.15, 0.2) is 0 Å². The SMILES string of the molecule is CCCCCCCCCCCCC=C1C=CC(=O)O1. The summed E-state index contributed by atoms with van der Waals surface area (Å²) >= 11 is 0. The molecule has 0 fully saturated rings. The van der Waals surface area contributed by atoms with Crippen LogP contribution in [0.3, 0.4) is 0 Å². The van der Waals surface area contributed by atoms with Crippen LogP contribution in [-0.2, 0) is 9.53 Å². The van der Waals surface area contributed by atoms with Crippen LogP contribution in [-0.4, -0.2) is 5.97 Å². The van der Waals surface area contributed by atoms with Crippen molar-refractivity contribution in [1.29, 1.82) is 0 Å². The molecule has 0 atom stereocenters. The lowest BCUT2D eigenvalue weighted by molar-refractivity contribution is -0.132. The monoisotopic (exact) mass is 264 g/mol. The molecule has 2 heteroatoms. The second kappa shape index (κ2) is 10.8. The van der Waals surface area contributed by atoms with Gasteiger partial charge in [-0.15, -0.1) is 0 Å². The molecule has 1 aliphatic rings. The lowest BCUT2D eigenvalue weighted by atomic mass is 10.1. The zero-order chi connectivity index (χ0) is 13.8. The second-order valence-electron chi connectivity index (χ2n) is 5.33. The van der Waals surface area contributed by atoms with Gasteiger partial charge >= 0.3 is 5.97 Å². The maximum absolute atomic E-state index is 10.8. The van der Waals surface area contributed by atoms with Crippen LogP contribution in [0.1, 0.15) is 77.6 Å². The second-order valence-corrected chi connectivity index (χ2v) is 5.33. The summed E-state index contributed by atoms with van der Waals surface area (Å²) in [7, 11) is 0. The Labute approximate surface area is 117 Å². The van der Waals surface area contributed by atoms with E-state index in [4.69, 9.17) is 4.74 Å². The van der Waals surface area contributed by atoms with E-state index in [1.807, 2.05) is 6.08 Å². The molecule has 0 N–H and O–H groups in total. The quantitative estimate of drug-likeness (QED) is 0.374. The Balaban J connectivity index is 1.81. The van der Waals surface area contributed by atoms with E-state index in [-0.39, 0.29) is 5.97 Å². The maximum Gasteiger partial charge on any atom is 0.336 e. The lowest BCUT2D eigenvalue weighted by Crippen LogP contribution is -1.90. The first-order valence-corrected chi connectivity index (χ1v) is 7.93. The van der Waals surface area contributed by atoms with Crippen LogP contribution < -0.4 is 0 Å². The number of carbonyl (C=O) groups is 1. The first-order valence-electron chi connectivity index (χ1n) is 7.93. The summed E-state index contributed by atoms with van der Waals surface area (Å²) in [6.07, 6.45) is 19.8. The molecule has 0 radical (unpaired) electrons. The number of ether oxygens (including phenoxy) is 1. The molecule has 0 saturated carbocycles. The van der Waals surface area contributed by atoms with Crippen molar-refractivity contribution >= 4 is 5.97 Å². The molecule has 1 rings (SSSR count). The first kappa shape index (κ1) is 16.0. The summed E-state index contributed by atoms with van der Waals surface area (Å²) in [5.41, 5.74) is 0. The van der Waals surface area contributed by atoms with E-state index in [1.165, 1.54) is 70.3 Å². The molecule has 19 heavy (non-hydrogen) atoms. The van der Waals surface area contributed by atoms with Crippen molar-refractivity contribution in [3.05, 3.63) is 24.0 Å². The van der Waals surface area contributed by atoms with Crippen molar-refractivity contribution in [3.63, 3.8) is 0 Å². The van der Waals surface area contributed by atoms with Crippen molar-refractivity contribution in [1.82, 2.24) is 0 Å². The van der Waals surface area contributed by atoms with E-state index in [1.54, 1.807) is 6.08 Å². The third-order valence-corrected chi connectivity index (χ3v) is 3.51. The highest BCUT2D eigenvalue weighted by atomic mass is 16.5. The number of hydrogen-bond donors (Lipinski definition) is 0. The summed E-state index contributed by atoms with van der Waals surface area (Å²) in [5.74, 6) is 0.482. The molecule has 0 unspecified atom stereocenters. The zero-order valence-corrected chi connectivity index (χ0v) is 12.3. The fourth-order valence-corrected chi connectivity index (χ4v) is 2.32. The summed E-state index contributed by atoms with van der Waals surface area (Å²) in [4.78, 5) is 10.8. The highest BCUT2D eigenvalue weighted by Gasteiger charge is 2.07. The topological polar surface area (TPSA) is 26.3 Å². The van der Waals surface area contributed by atoms with Crippen molar-refractivity contribution in [2.75, 3.05) is 0 Å². The summed E-state index contributed by atoms with van der Waals surface area (Å²) in [6, 6.07) is 0. The lowest BCUT2D eigenvalue weighted by Gasteiger charge is -2.01. The van der Waals surface area contributed by atoms with Gasteiger partial charge in [0.25, 0.3) is 0 Å². The normalized spacial score (nSPS) is 16.3. The van der Waals surface area contributed by atoms with Gasteiger partial charge in [-0.3, -0.25) is 0 Å². The van der Waals surface area contributed by atoms with E-state index in [2.05, 4.69) is 6.92 Å². The number of allylic oxidation sites excluding steroid dienone is 2. The Hall–Kier alpha value is -1.05. The third kappa shape index (κ3) is 8.63. The Morgan fingerprint density at radius 3 is 2.00 bits per heavy atom. The van der Waals surface area contributed by atoms with Crippen LogP contribution in [0.2, 0.25) is 0 Å². The van der Waals surface area contributed by atoms with Crippen LogP contribution in [0.25, 0.3) is 0 Å². The van der Waals surface area contributed by atoms with Crippen molar-refractivity contribution in [2.24, 2.45) is 0 Å². The van der Waals surface area contributed by atoms with Crippen LogP contribution >= 0.6 is 0 Å². The summed E-state index contributed by atoms with van der Waals surface area (Å²) in [6.45, 7) is 2.26. The zero-order valence-electron chi connectivity index (χ0n) is 12.3. The number of carbonyl (C=O) groups excluding carboxylic acids is 1. The largest absolute Gasteiger partial charge is 0.424 e. The van der Waals surface area contributed by atoms with Gasteiger partial charge in [0.1, 0.15) is 5.76 Å². The van der Waals surface area contributed by atoms with Gasteiger partial charge in [-0.2, -0.15) is 0 Å². The van der Waals surface area contributed by atoms with Crippen molar-refractivity contribution < 1.29 is 9.53 Å². The Bertz CT molecular complexity index is 302. The van der Waals surface area contributed by atoms with Gasteiger partial charge in [-0.05, 0) is 25.0 Å². The average molecular weight is 264 g/mol. The molecule has 0 bridgehead atoms. The molecular weight excluding hydrogens is 236 g/mol. The van der Waals surface area contributed by atoms with Crippen LogP contribution in [0.4, 0.5) is 0 Å². The highest BCUT2D eigenvalue weighted by Crippen LogP contribution is 2.14. The maximum atomic E-state index is 10.8. The van der Waals surface area contributed by atoms with Crippen molar-refractivity contribution in [2.45, 2.75) is 77.6 Å². The minimum atomic E-state index is -0.241. The van der Waals surface area contributed by atoms with E-state index < -0.39 is 0 Å². The molecule has 2 nitrogen and oxygen atoms in total. The fraction of sp³-hybridized carbons (Fsp3) is 0.706. The van der Waals surface area contributed by atoms with E-state index >= 15 is 0 Å². The van der Waals surface area contributed by atoms with E-state index in [9.17, 15) is 4.79 Å². The van der Waals surface area contributed by atoms with Gasteiger partial charge in [-0.25, -0.2) is 4.79 Å². The van der Waals surface area contributed by atoms with Gasteiger partial charge < -0.3 is 4.74 Å². The molecule has 0 spiro atoms. The standard InChI is InChI=1S/C17H28O2/c1-2-3-4-5-6-7-8-9-10-11-12-13-16-14-15-17(18)19-16/h13-15H,2-12H2,1H3. The predicted molar refractivity (Wildman–Crippen MR) is 79.8 cm³/mol. The average Bonchev–Trinajstić information content (AvgIpc) is 2.82. The Morgan fingerprint density at radius 1 is 0.895 bits per heavy atom. The van der Waals surface area contributed by atoms with Crippen molar-refractivity contribution in [3.8, 4) is 0 Å². The summed E-state index contributed by atoms with van der Waals surface area (Å²) < 4.78 is 4.96. The number of cyclic esters (lactones) is 1. The third-order valence-electron chi connectivity index (χ3n) is 3.51.